The Hall–Kier alpha value is -2.67. The van der Waals surface area contributed by atoms with Gasteiger partial charge in [0.1, 0.15) is 0 Å². The quantitative estimate of drug-likeness (QED) is 0.430. The maximum absolute atomic E-state index is 4.00. The highest BCUT2D eigenvalue weighted by Gasteiger charge is 2.16. The first kappa shape index (κ1) is 16.2. The molecule has 1 heterocycles. The number of rotatable bonds is 7. The molecule has 2 aromatic carbocycles. The molecular weight excluding hydrogens is 290 g/mol. The predicted octanol–water partition coefficient (Wildman–Crippen LogP) is 4.92. The van der Waals surface area contributed by atoms with Gasteiger partial charge in [-0.3, -0.25) is 0 Å². The van der Waals surface area contributed by atoms with Crippen LogP contribution in [0.5, 0.6) is 0 Å². The normalized spacial score (nSPS) is 11.8. The molecule has 0 fully saturated rings. The van der Waals surface area contributed by atoms with E-state index in [1.165, 1.54) is 23.1 Å². The largest absolute Gasteiger partial charge is 0.201 e. The monoisotopic (exact) mass is 314 g/mol. The zero-order valence-corrected chi connectivity index (χ0v) is 14.0. The molecule has 1 atom stereocenters. The van der Waals surface area contributed by atoms with E-state index < -0.39 is 0 Å². The number of allylic oxidation sites excluding steroid dienone is 1. The van der Waals surface area contributed by atoms with E-state index in [-0.39, 0.29) is 6.04 Å². The van der Waals surface area contributed by atoms with Gasteiger partial charge in [0, 0.05) is 17.7 Å². The molecule has 0 aliphatic heterocycles. The van der Waals surface area contributed by atoms with Gasteiger partial charge in [0.2, 0.25) is 6.04 Å². The Bertz CT molecular complexity index is 745. The van der Waals surface area contributed by atoms with Gasteiger partial charge >= 0.3 is 0 Å². The third kappa shape index (κ3) is 4.20. The minimum absolute atomic E-state index is 0.185. The van der Waals surface area contributed by atoms with Gasteiger partial charge in [-0.1, -0.05) is 67.2 Å². The second-order valence-corrected chi connectivity index (χ2v) is 6.08. The Kier molecular flexibility index (Phi) is 5.57. The third-order valence-corrected chi connectivity index (χ3v) is 4.38. The standard InChI is InChI=1S/C23H24N/c1-2-23(22-14-7-4-8-15-22)24-18-16-21(17-19-24)13-9-12-20-10-5-3-6-11-20/h2-8,10-11,14-19,23H,1,9,12-13H2/q+1. The zero-order chi connectivity index (χ0) is 16.6. The fraction of sp³-hybridized carbons (Fsp3) is 0.174. The third-order valence-electron chi connectivity index (χ3n) is 4.38. The summed E-state index contributed by atoms with van der Waals surface area (Å²) in [6, 6.07) is 25.8. The number of aryl methyl sites for hydroxylation is 2. The van der Waals surface area contributed by atoms with Crippen LogP contribution in [0.4, 0.5) is 0 Å². The molecule has 1 heteroatoms. The van der Waals surface area contributed by atoms with Crippen LogP contribution in [-0.4, -0.2) is 0 Å². The van der Waals surface area contributed by atoms with E-state index in [4.69, 9.17) is 0 Å². The maximum Gasteiger partial charge on any atom is 0.201 e. The molecule has 1 aromatic heterocycles. The fourth-order valence-corrected chi connectivity index (χ4v) is 3.04. The number of hydrogen-bond acceptors (Lipinski definition) is 0. The van der Waals surface area contributed by atoms with Gasteiger partial charge in [0.15, 0.2) is 12.4 Å². The van der Waals surface area contributed by atoms with Gasteiger partial charge in [0.25, 0.3) is 0 Å². The van der Waals surface area contributed by atoms with Crippen molar-refractivity contribution in [1.82, 2.24) is 0 Å². The molecule has 120 valence electrons. The van der Waals surface area contributed by atoms with Crippen LogP contribution in [0, 0.1) is 0 Å². The molecule has 0 saturated carbocycles. The minimum atomic E-state index is 0.185. The lowest BCUT2D eigenvalue weighted by molar-refractivity contribution is -0.703. The number of aromatic nitrogens is 1. The van der Waals surface area contributed by atoms with E-state index in [1.807, 2.05) is 12.1 Å². The molecule has 0 N–H and O–H groups in total. The average molecular weight is 314 g/mol. The first-order valence-electron chi connectivity index (χ1n) is 8.58. The molecule has 0 bridgehead atoms. The van der Waals surface area contributed by atoms with Crippen molar-refractivity contribution >= 4 is 0 Å². The predicted molar refractivity (Wildman–Crippen MR) is 99.9 cm³/mol. The molecule has 0 saturated heterocycles. The van der Waals surface area contributed by atoms with E-state index >= 15 is 0 Å². The SMILES string of the molecule is C=CC(c1ccccc1)[n+]1ccc(CCCc2ccccc2)cc1. The Morgan fingerprint density at radius 2 is 1.29 bits per heavy atom. The molecular formula is C23H24N+. The van der Waals surface area contributed by atoms with Crippen LogP contribution in [0.25, 0.3) is 0 Å². The Morgan fingerprint density at radius 3 is 1.88 bits per heavy atom. The maximum atomic E-state index is 4.00. The fourth-order valence-electron chi connectivity index (χ4n) is 3.04. The van der Waals surface area contributed by atoms with Crippen molar-refractivity contribution in [2.75, 3.05) is 0 Å². The van der Waals surface area contributed by atoms with Gasteiger partial charge in [-0.15, -0.1) is 0 Å². The van der Waals surface area contributed by atoms with Crippen LogP contribution < -0.4 is 4.57 Å². The number of pyridine rings is 1. The van der Waals surface area contributed by atoms with Crippen LogP contribution in [0.3, 0.4) is 0 Å². The Balaban J connectivity index is 1.61. The smallest absolute Gasteiger partial charge is 0.194 e. The summed E-state index contributed by atoms with van der Waals surface area (Å²) < 4.78 is 2.21. The van der Waals surface area contributed by atoms with Gasteiger partial charge in [0.05, 0.1) is 0 Å². The van der Waals surface area contributed by atoms with Crippen molar-refractivity contribution in [3.8, 4) is 0 Å². The molecule has 0 radical (unpaired) electrons. The summed E-state index contributed by atoms with van der Waals surface area (Å²) in [6.45, 7) is 4.00. The number of nitrogens with zero attached hydrogens (tertiary/aromatic N) is 1. The van der Waals surface area contributed by atoms with Crippen molar-refractivity contribution in [2.24, 2.45) is 0 Å². The zero-order valence-electron chi connectivity index (χ0n) is 14.0. The highest BCUT2D eigenvalue weighted by molar-refractivity contribution is 5.20. The van der Waals surface area contributed by atoms with Crippen LogP contribution in [0.2, 0.25) is 0 Å². The molecule has 3 aromatic rings. The lowest BCUT2D eigenvalue weighted by Gasteiger charge is -2.09. The minimum Gasteiger partial charge on any atom is -0.194 e. The summed E-state index contributed by atoms with van der Waals surface area (Å²) in [7, 11) is 0. The summed E-state index contributed by atoms with van der Waals surface area (Å²) in [6.07, 6.45) is 9.74. The van der Waals surface area contributed by atoms with Crippen LogP contribution >= 0.6 is 0 Å². The lowest BCUT2D eigenvalue weighted by Crippen LogP contribution is -2.38. The molecule has 0 aliphatic rings. The summed E-state index contributed by atoms with van der Waals surface area (Å²) in [5.41, 5.74) is 4.06. The number of benzene rings is 2. The van der Waals surface area contributed by atoms with E-state index in [0.717, 1.165) is 12.8 Å². The van der Waals surface area contributed by atoms with E-state index in [9.17, 15) is 0 Å². The van der Waals surface area contributed by atoms with E-state index in [0.29, 0.717) is 0 Å². The van der Waals surface area contributed by atoms with Gasteiger partial charge < -0.3 is 0 Å². The highest BCUT2D eigenvalue weighted by atomic mass is 15.0. The second-order valence-electron chi connectivity index (χ2n) is 6.08. The molecule has 3 rings (SSSR count). The Labute approximate surface area is 144 Å². The summed E-state index contributed by atoms with van der Waals surface area (Å²) >= 11 is 0. The molecule has 1 unspecified atom stereocenters. The van der Waals surface area contributed by atoms with Crippen molar-refractivity contribution in [3.63, 3.8) is 0 Å². The van der Waals surface area contributed by atoms with E-state index in [1.54, 1.807) is 0 Å². The topological polar surface area (TPSA) is 3.88 Å². The van der Waals surface area contributed by atoms with Gasteiger partial charge in [-0.05, 0) is 36.5 Å². The average Bonchev–Trinajstić information content (AvgIpc) is 2.65. The molecule has 0 amide bonds. The first-order valence-corrected chi connectivity index (χ1v) is 8.58. The van der Waals surface area contributed by atoms with Crippen LogP contribution in [0.1, 0.15) is 29.2 Å². The molecule has 0 spiro atoms. The van der Waals surface area contributed by atoms with E-state index in [2.05, 4.69) is 90.3 Å². The van der Waals surface area contributed by atoms with Crippen molar-refractivity contribution in [2.45, 2.75) is 25.3 Å². The van der Waals surface area contributed by atoms with Crippen LogP contribution in [0.15, 0.2) is 97.8 Å². The van der Waals surface area contributed by atoms with Gasteiger partial charge in [-0.25, -0.2) is 0 Å². The highest BCUT2D eigenvalue weighted by Crippen LogP contribution is 2.13. The summed E-state index contributed by atoms with van der Waals surface area (Å²) in [4.78, 5) is 0. The summed E-state index contributed by atoms with van der Waals surface area (Å²) in [5, 5.41) is 0. The second kappa shape index (κ2) is 8.26. The molecule has 0 aliphatic carbocycles. The van der Waals surface area contributed by atoms with Crippen molar-refractivity contribution in [3.05, 3.63) is 115 Å². The molecule has 1 nitrogen and oxygen atoms in total. The van der Waals surface area contributed by atoms with Crippen LogP contribution in [-0.2, 0) is 12.8 Å². The lowest BCUT2D eigenvalue weighted by atomic mass is 10.0. The number of hydrogen-bond donors (Lipinski definition) is 0. The summed E-state index contributed by atoms with van der Waals surface area (Å²) in [5.74, 6) is 0. The molecule has 24 heavy (non-hydrogen) atoms. The van der Waals surface area contributed by atoms with Gasteiger partial charge in [-0.2, -0.15) is 4.57 Å². The Morgan fingerprint density at radius 1 is 0.750 bits per heavy atom. The van der Waals surface area contributed by atoms with Crippen molar-refractivity contribution < 1.29 is 4.57 Å². The van der Waals surface area contributed by atoms with Crippen molar-refractivity contribution in [1.29, 1.82) is 0 Å². The first-order chi connectivity index (χ1) is 11.9.